The van der Waals surface area contributed by atoms with E-state index in [2.05, 4.69) is 15.3 Å². The van der Waals surface area contributed by atoms with Crippen LogP contribution in [0.15, 0.2) is 12.5 Å². The lowest BCUT2D eigenvalue weighted by Gasteiger charge is -2.22. The molecule has 0 saturated carbocycles. The minimum Gasteiger partial charge on any atom is -0.480 e. The Morgan fingerprint density at radius 3 is 2.60 bits per heavy atom. The molecular formula is C12H21N5O3. The van der Waals surface area contributed by atoms with E-state index >= 15 is 0 Å². The van der Waals surface area contributed by atoms with Crippen LogP contribution in [0.3, 0.4) is 0 Å². The van der Waals surface area contributed by atoms with E-state index in [0.717, 1.165) is 0 Å². The third-order valence-corrected chi connectivity index (χ3v) is 2.80. The molecule has 8 nitrogen and oxygen atoms in total. The van der Waals surface area contributed by atoms with Gasteiger partial charge in [-0.2, -0.15) is 0 Å². The number of urea groups is 1. The number of aromatic nitrogens is 2. The smallest absolute Gasteiger partial charge is 0.326 e. The van der Waals surface area contributed by atoms with E-state index in [4.69, 9.17) is 5.11 Å². The summed E-state index contributed by atoms with van der Waals surface area (Å²) in [7, 11) is 5.45. The van der Waals surface area contributed by atoms with Crippen molar-refractivity contribution in [2.75, 3.05) is 34.2 Å². The van der Waals surface area contributed by atoms with Crippen LogP contribution in [-0.4, -0.2) is 77.1 Å². The summed E-state index contributed by atoms with van der Waals surface area (Å²) in [5.41, 5.74) is 0.661. The van der Waals surface area contributed by atoms with Gasteiger partial charge in [0.05, 0.1) is 6.33 Å². The lowest BCUT2D eigenvalue weighted by atomic mass is 10.1. The normalized spacial score (nSPS) is 12.2. The fourth-order valence-corrected chi connectivity index (χ4v) is 1.53. The molecule has 1 atom stereocenters. The molecule has 3 N–H and O–H groups in total. The molecule has 0 aliphatic heterocycles. The number of carboxylic acid groups (broad SMARTS) is 1. The van der Waals surface area contributed by atoms with Crippen LogP contribution in [0.5, 0.6) is 0 Å². The van der Waals surface area contributed by atoms with Crippen LogP contribution < -0.4 is 5.32 Å². The topological polar surface area (TPSA) is 102 Å². The first-order chi connectivity index (χ1) is 9.40. The van der Waals surface area contributed by atoms with Crippen molar-refractivity contribution in [1.82, 2.24) is 25.1 Å². The molecule has 0 saturated heterocycles. The summed E-state index contributed by atoms with van der Waals surface area (Å²) in [5.74, 6) is -1.08. The van der Waals surface area contributed by atoms with Crippen molar-refractivity contribution in [2.45, 2.75) is 12.5 Å². The summed E-state index contributed by atoms with van der Waals surface area (Å²) in [6.07, 6.45) is 3.18. The van der Waals surface area contributed by atoms with Crippen LogP contribution in [0.1, 0.15) is 5.69 Å². The number of aromatic amines is 1. The van der Waals surface area contributed by atoms with Gasteiger partial charge in [0.15, 0.2) is 0 Å². The molecule has 20 heavy (non-hydrogen) atoms. The van der Waals surface area contributed by atoms with Crippen LogP contribution in [0.2, 0.25) is 0 Å². The number of H-pyrrole nitrogens is 1. The molecular weight excluding hydrogens is 262 g/mol. The number of carbonyl (C=O) groups excluding carboxylic acids is 1. The maximum absolute atomic E-state index is 11.9. The quantitative estimate of drug-likeness (QED) is 0.632. The number of amides is 2. The molecule has 0 aliphatic rings. The number of aliphatic carboxylic acids is 1. The molecule has 1 unspecified atom stereocenters. The van der Waals surface area contributed by atoms with Crippen LogP contribution in [0, 0.1) is 0 Å². The number of hydrogen-bond donors (Lipinski definition) is 3. The van der Waals surface area contributed by atoms with Crippen LogP contribution in [0.25, 0.3) is 0 Å². The number of likely N-dealkylation sites (N-methyl/N-ethyl adjacent to an activating group) is 2. The monoisotopic (exact) mass is 283 g/mol. The van der Waals surface area contributed by atoms with Gasteiger partial charge in [-0.25, -0.2) is 14.6 Å². The molecule has 1 aromatic rings. The van der Waals surface area contributed by atoms with Gasteiger partial charge in [0.1, 0.15) is 6.04 Å². The largest absolute Gasteiger partial charge is 0.480 e. The van der Waals surface area contributed by atoms with Gasteiger partial charge in [0.25, 0.3) is 0 Å². The molecule has 2 amide bonds. The number of imidazole rings is 1. The maximum Gasteiger partial charge on any atom is 0.326 e. The second-order valence-corrected chi connectivity index (χ2v) is 4.85. The zero-order valence-corrected chi connectivity index (χ0v) is 12.0. The summed E-state index contributed by atoms with van der Waals surface area (Å²) in [4.78, 5) is 33.1. The predicted molar refractivity (Wildman–Crippen MR) is 73.4 cm³/mol. The first kappa shape index (κ1) is 16.0. The van der Waals surface area contributed by atoms with Gasteiger partial charge >= 0.3 is 12.0 Å². The van der Waals surface area contributed by atoms with Gasteiger partial charge in [0, 0.05) is 38.4 Å². The zero-order chi connectivity index (χ0) is 15.1. The first-order valence-electron chi connectivity index (χ1n) is 6.26. The third kappa shape index (κ3) is 5.27. The fourth-order valence-electron chi connectivity index (χ4n) is 1.53. The number of nitrogens with zero attached hydrogens (tertiary/aromatic N) is 3. The number of carboxylic acids is 1. The average molecular weight is 283 g/mol. The van der Waals surface area contributed by atoms with Crippen molar-refractivity contribution in [2.24, 2.45) is 0 Å². The highest BCUT2D eigenvalue weighted by Crippen LogP contribution is 2.00. The van der Waals surface area contributed by atoms with Gasteiger partial charge in [-0.1, -0.05) is 0 Å². The fraction of sp³-hybridized carbons (Fsp3) is 0.583. The molecule has 1 aromatic heterocycles. The van der Waals surface area contributed by atoms with E-state index in [1.165, 1.54) is 17.4 Å². The lowest BCUT2D eigenvalue weighted by Crippen LogP contribution is -2.48. The Balaban J connectivity index is 2.52. The molecule has 0 aromatic carbocycles. The molecule has 0 radical (unpaired) electrons. The van der Waals surface area contributed by atoms with Gasteiger partial charge in [-0.3, -0.25) is 0 Å². The Hall–Kier alpha value is -2.09. The lowest BCUT2D eigenvalue weighted by molar-refractivity contribution is -0.139. The van der Waals surface area contributed by atoms with Crippen molar-refractivity contribution in [1.29, 1.82) is 0 Å². The van der Waals surface area contributed by atoms with E-state index in [9.17, 15) is 9.59 Å². The molecule has 0 spiro atoms. The Morgan fingerprint density at radius 1 is 1.40 bits per heavy atom. The number of hydrogen-bond acceptors (Lipinski definition) is 4. The Kier molecular flexibility index (Phi) is 5.98. The highest BCUT2D eigenvalue weighted by molar-refractivity contribution is 5.82. The van der Waals surface area contributed by atoms with Crippen LogP contribution in [0.4, 0.5) is 4.79 Å². The summed E-state index contributed by atoms with van der Waals surface area (Å²) in [5, 5.41) is 11.6. The molecule has 8 heteroatoms. The Morgan fingerprint density at radius 2 is 2.10 bits per heavy atom. The molecule has 0 aliphatic carbocycles. The van der Waals surface area contributed by atoms with E-state index in [-0.39, 0.29) is 6.42 Å². The van der Waals surface area contributed by atoms with Crippen molar-refractivity contribution in [3.63, 3.8) is 0 Å². The minimum atomic E-state index is -1.08. The molecule has 112 valence electrons. The molecule has 1 rings (SSSR count). The summed E-state index contributed by atoms with van der Waals surface area (Å²) >= 11 is 0. The SMILES string of the molecule is CN(C)CCN(C)C(=O)NC(Cc1cnc[nH]1)C(=O)O. The minimum absolute atomic E-state index is 0.169. The molecule has 0 fully saturated rings. The zero-order valence-electron chi connectivity index (χ0n) is 12.0. The predicted octanol–water partition coefficient (Wildman–Crippen LogP) is -0.392. The van der Waals surface area contributed by atoms with Crippen molar-refractivity contribution in [3.05, 3.63) is 18.2 Å². The summed E-state index contributed by atoms with van der Waals surface area (Å²) in [6.45, 7) is 1.23. The molecule has 1 heterocycles. The van der Waals surface area contributed by atoms with Crippen molar-refractivity contribution >= 4 is 12.0 Å². The first-order valence-corrected chi connectivity index (χ1v) is 6.26. The van der Waals surface area contributed by atoms with E-state index in [1.807, 2.05) is 19.0 Å². The average Bonchev–Trinajstić information content (AvgIpc) is 2.87. The maximum atomic E-state index is 11.9. The van der Waals surface area contributed by atoms with Gasteiger partial charge in [-0.05, 0) is 14.1 Å². The second-order valence-electron chi connectivity index (χ2n) is 4.85. The highest BCUT2D eigenvalue weighted by atomic mass is 16.4. The number of nitrogens with one attached hydrogen (secondary N) is 2. The van der Waals surface area contributed by atoms with E-state index in [0.29, 0.717) is 18.8 Å². The second kappa shape index (κ2) is 7.49. The third-order valence-electron chi connectivity index (χ3n) is 2.80. The van der Waals surface area contributed by atoms with E-state index in [1.54, 1.807) is 7.05 Å². The highest BCUT2D eigenvalue weighted by Gasteiger charge is 2.22. The van der Waals surface area contributed by atoms with Crippen LogP contribution in [-0.2, 0) is 11.2 Å². The Labute approximate surface area is 117 Å². The van der Waals surface area contributed by atoms with Gasteiger partial charge < -0.3 is 25.2 Å². The van der Waals surface area contributed by atoms with Crippen molar-refractivity contribution in [3.8, 4) is 0 Å². The summed E-state index contributed by atoms with van der Waals surface area (Å²) in [6, 6.07) is -1.39. The number of rotatable bonds is 7. The molecule has 0 bridgehead atoms. The van der Waals surface area contributed by atoms with E-state index < -0.39 is 18.0 Å². The van der Waals surface area contributed by atoms with Crippen molar-refractivity contribution < 1.29 is 14.7 Å². The van der Waals surface area contributed by atoms with Gasteiger partial charge in [-0.15, -0.1) is 0 Å². The Bertz CT molecular complexity index is 432. The van der Waals surface area contributed by atoms with Crippen LogP contribution >= 0.6 is 0 Å². The number of carbonyl (C=O) groups is 2. The summed E-state index contributed by atoms with van der Waals surface area (Å²) < 4.78 is 0. The van der Waals surface area contributed by atoms with Gasteiger partial charge in [0.2, 0.25) is 0 Å². The standard InChI is InChI=1S/C12H21N5O3/c1-16(2)4-5-17(3)12(20)15-10(11(18)19)6-9-7-13-8-14-9/h7-8,10H,4-6H2,1-3H3,(H,13,14)(H,15,20)(H,18,19).